The summed E-state index contributed by atoms with van der Waals surface area (Å²) in [5, 5.41) is 19.9. The number of hydrogen-bond donors (Lipinski definition) is 2. The zero-order valence-corrected chi connectivity index (χ0v) is 9.69. The standard InChI is InChI=1S/C10H20O2S/c1-9(2)5-13-6-10(3,4)8(12)7(9)11/h7-8,11-12H,5-6H2,1-4H3/t7-,8+. The van der Waals surface area contributed by atoms with Gasteiger partial charge in [0, 0.05) is 22.3 Å². The topological polar surface area (TPSA) is 40.5 Å². The van der Waals surface area contributed by atoms with Crippen molar-refractivity contribution in [1.29, 1.82) is 0 Å². The summed E-state index contributed by atoms with van der Waals surface area (Å²) in [5.74, 6) is 1.82. The second-order valence-corrected chi connectivity index (χ2v) is 6.35. The summed E-state index contributed by atoms with van der Waals surface area (Å²) in [6, 6.07) is 0. The van der Waals surface area contributed by atoms with Gasteiger partial charge in [0.1, 0.15) is 0 Å². The molecular weight excluding hydrogens is 184 g/mol. The Morgan fingerprint density at radius 3 is 1.54 bits per heavy atom. The zero-order chi connectivity index (χ0) is 10.3. The van der Waals surface area contributed by atoms with E-state index in [0.717, 1.165) is 11.5 Å². The Labute approximate surface area is 84.7 Å². The lowest BCUT2D eigenvalue weighted by Gasteiger charge is -2.36. The maximum atomic E-state index is 9.96. The monoisotopic (exact) mass is 204 g/mol. The van der Waals surface area contributed by atoms with Gasteiger partial charge in [-0.2, -0.15) is 11.8 Å². The molecule has 0 unspecified atom stereocenters. The normalized spacial score (nSPS) is 38.3. The largest absolute Gasteiger partial charge is 0.390 e. The number of rotatable bonds is 0. The molecule has 1 rings (SSSR count). The van der Waals surface area contributed by atoms with E-state index < -0.39 is 12.2 Å². The van der Waals surface area contributed by atoms with Crippen molar-refractivity contribution in [2.24, 2.45) is 10.8 Å². The van der Waals surface area contributed by atoms with E-state index in [-0.39, 0.29) is 10.8 Å². The average molecular weight is 204 g/mol. The second kappa shape index (κ2) is 3.44. The fraction of sp³-hybridized carbons (Fsp3) is 1.00. The molecule has 1 saturated heterocycles. The van der Waals surface area contributed by atoms with Crippen LogP contribution >= 0.6 is 11.8 Å². The summed E-state index contributed by atoms with van der Waals surface area (Å²) in [6.07, 6.45) is -1.23. The Kier molecular flexibility index (Phi) is 3.01. The van der Waals surface area contributed by atoms with Gasteiger partial charge in [0.05, 0.1) is 12.2 Å². The minimum Gasteiger partial charge on any atom is -0.390 e. The van der Waals surface area contributed by atoms with E-state index in [9.17, 15) is 10.2 Å². The van der Waals surface area contributed by atoms with Gasteiger partial charge in [0.2, 0.25) is 0 Å². The summed E-state index contributed by atoms with van der Waals surface area (Å²) in [6.45, 7) is 8.04. The minimum absolute atomic E-state index is 0.183. The number of hydrogen-bond acceptors (Lipinski definition) is 3. The van der Waals surface area contributed by atoms with Crippen molar-refractivity contribution < 1.29 is 10.2 Å². The van der Waals surface area contributed by atoms with Crippen molar-refractivity contribution in [3.8, 4) is 0 Å². The van der Waals surface area contributed by atoms with Gasteiger partial charge < -0.3 is 10.2 Å². The molecule has 0 bridgehead atoms. The summed E-state index contributed by atoms with van der Waals surface area (Å²) >= 11 is 1.82. The van der Waals surface area contributed by atoms with Gasteiger partial charge in [-0.25, -0.2) is 0 Å². The Morgan fingerprint density at radius 1 is 0.923 bits per heavy atom. The summed E-state index contributed by atoms with van der Waals surface area (Å²) in [4.78, 5) is 0. The van der Waals surface area contributed by atoms with Crippen molar-refractivity contribution in [2.75, 3.05) is 11.5 Å². The molecule has 3 heteroatoms. The van der Waals surface area contributed by atoms with Crippen LogP contribution in [0.4, 0.5) is 0 Å². The lowest BCUT2D eigenvalue weighted by Crippen LogP contribution is -2.46. The molecule has 0 aromatic heterocycles. The maximum absolute atomic E-state index is 9.96. The van der Waals surface area contributed by atoms with Crippen LogP contribution in [0.1, 0.15) is 27.7 Å². The van der Waals surface area contributed by atoms with E-state index in [1.807, 2.05) is 39.5 Å². The van der Waals surface area contributed by atoms with E-state index in [4.69, 9.17) is 0 Å². The average Bonchev–Trinajstić information content (AvgIpc) is 2.04. The van der Waals surface area contributed by atoms with Crippen molar-refractivity contribution >= 4 is 11.8 Å². The van der Waals surface area contributed by atoms with Gasteiger partial charge in [-0.15, -0.1) is 0 Å². The van der Waals surface area contributed by atoms with Crippen LogP contribution in [0.2, 0.25) is 0 Å². The molecule has 1 aliphatic rings. The van der Waals surface area contributed by atoms with E-state index in [2.05, 4.69) is 0 Å². The second-order valence-electron chi connectivity index (χ2n) is 5.36. The highest BCUT2D eigenvalue weighted by molar-refractivity contribution is 7.99. The van der Waals surface area contributed by atoms with Crippen LogP contribution in [0.25, 0.3) is 0 Å². The molecule has 0 aromatic carbocycles. The molecule has 1 heterocycles. The smallest absolute Gasteiger partial charge is 0.0863 e. The molecular formula is C10H20O2S. The minimum atomic E-state index is -0.613. The van der Waals surface area contributed by atoms with Crippen LogP contribution in [0, 0.1) is 10.8 Å². The van der Waals surface area contributed by atoms with Crippen LogP contribution in [0.5, 0.6) is 0 Å². The molecule has 2 nitrogen and oxygen atoms in total. The SMILES string of the molecule is CC1(C)CSCC(C)(C)[C@@H](O)[C@H]1O. The number of thioether (sulfide) groups is 1. The Bertz CT molecular complexity index is 169. The highest BCUT2D eigenvalue weighted by Crippen LogP contribution is 2.40. The van der Waals surface area contributed by atoms with Crippen LogP contribution in [-0.2, 0) is 0 Å². The Morgan fingerprint density at radius 2 is 1.23 bits per heavy atom. The summed E-state index contributed by atoms with van der Waals surface area (Å²) in [5.41, 5.74) is -0.365. The van der Waals surface area contributed by atoms with Gasteiger partial charge in [0.25, 0.3) is 0 Å². The quantitative estimate of drug-likeness (QED) is 0.628. The third-order valence-corrected chi connectivity index (χ3v) is 4.74. The first-order valence-corrected chi connectivity index (χ1v) is 5.87. The van der Waals surface area contributed by atoms with Crippen molar-refractivity contribution in [3.63, 3.8) is 0 Å². The molecule has 0 saturated carbocycles. The zero-order valence-electron chi connectivity index (χ0n) is 8.87. The lowest BCUT2D eigenvalue weighted by atomic mass is 9.76. The third-order valence-electron chi connectivity index (χ3n) is 2.85. The first-order chi connectivity index (χ1) is 5.77. The summed E-state index contributed by atoms with van der Waals surface area (Å²) < 4.78 is 0. The van der Waals surface area contributed by atoms with Crippen molar-refractivity contribution in [1.82, 2.24) is 0 Å². The van der Waals surface area contributed by atoms with Crippen molar-refractivity contribution in [2.45, 2.75) is 39.9 Å². The fourth-order valence-electron chi connectivity index (χ4n) is 1.60. The first kappa shape index (κ1) is 11.3. The maximum Gasteiger partial charge on any atom is 0.0863 e. The van der Waals surface area contributed by atoms with Crippen molar-refractivity contribution in [3.05, 3.63) is 0 Å². The number of aliphatic hydroxyl groups excluding tert-OH is 2. The first-order valence-electron chi connectivity index (χ1n) is 4.71. The van der Waals surface area contributed by atoms with Crippen LogP contribution < -0.4 is 0 Å². The van der Waals surface area contributed by atoms with Gasteiger partial charge >= 0.3 is 0 Å². The predicted molar refractivity (Wildman–Crippen MR) is 56.9 cm³/mol. The van der Waals surface area contributed by atoms with E-state index in [0.29, 0.717) is 0 Å². The Balaban J connectivity index is 2.87. The molecule has 0 amide bonds. The third kappa shape index (κ3) is 2.20. The van der Waals surface area contributed by atoms with Gasteiger partial charge in [0.15, 0.2) is 0 Å². The molecule has 0 aliphatic carbocycles. The van der Waals surface area contributed by atoms with Gasteiger partial charge in [-0.05, 0) is 0 Å². The van der Waals surface area contributed by atoms with E-state index in [1.165, 1.54) is 0 Å². The highest BCUT2D eigenvalue weighted by atomic mass is 32.2. The van der Waals surface area contributed by atoms with Gasteiger partial charge in [-0.1, -0.05) is 27.7 Å². The van der Waals surface area contributed by atoms with Crippen LogP contribution in [-0.4, -0.2) is 33.9 Å². The molecule has 2 N–H and O–H groups in total. The molecule has 0 radical (unpaired) electrons. The predicted octanol–water partition coefficient (Wildman–Crippen LogP) is 1.51. The summed E-state index contributed by atoms with van der Waals surface area (Å²) in [7, 11) is 0. The van der Waals surface area contributed by atoms with Crippen LogP contribution in [0.15, 0.2) is 0 Å². The molecule has 1 fully saturated rings. The molecule has 13 heavy (non-hydrogen) atoms. The Hall–Kier alpha value is 0.270. The molecule has 1 aliphatic heterocycles. The lowest BCUT2D eigenvalue weighted by molar-refractivity contribution is -0.0848. The number of aliphatic hydroxyl groups is 2. The molecule has 78 valence electrons. The highest BCUT2D eigenvalue weighted by Gasteiger charge is 2.43. The van der Waals surface area contributed by atoms with E-state index >= 15 is 0 Å². The molecule has 2 atom stereocenters. The molecule has 0 aromatic rings. The van der Waals surface area contributed by atoms with Crippen LogP contribution in [0.3, 0.4) is 0 Å². The van der Waals surface area contributed by atoms with E-state index in [1.54, 1.807) is 0 Å². The molecule has 0 spiro atoms. The fourth-order valence-corrected chi connectivity index (χ4v) is 3.10. The van der Waals surface area contributed by atoms with Gasteiger partial charge in [-0.3, -0.25) is 0 Å².